The van der Waals surface area contributed by atoms with Crippen LogP contribution < -0.4 is 4.74 Å². The van der Waals surface area contributed by atoms with E-state index >= 15 is 0 Å². The summed E-state index contributed by atoms with van der Waals surface area (Å²) < 4.78 is 5.98. The zero-order valence-electron chi connectivity index (χ0n) is 12.7. The predicted molar refractivity (Wildman–Crippen MR) is 82.1 cm³/mol. The normalized spacial score (nSPS) is 10.7. The van der Waals surface area contributed by atoms with Gasteiger partial charge in [-0.15, -0.1) is 0 Å². The number of rotatable bonds is 4. The molecule has 20 heavy (non-hydrogen) atoms. The molecule has 0 radical (unpaired) electrons. The Labute approximate surface area is 121 Å². The van der Waals surface area contributed by atoms with E-state index in [1.807, 2.05) is 26.0 Å². The molecule has 0 spiro atoms. The van der Waals surface area contributed by atoms with Crippen molar-refractivity contribution < 1.29 is 9.84 Å². The van der Waals surface area contributed by atoms with Crippen molar-refractivity contribution in [1.82, 2.24) is 0 Å². The molecule has 0 fully saturated rings. The van der Waals surface area contributed by atoms with Crippen LogP contribution in [0.3, 0.4) is 0 Å². The van der Waals surface area contributed by atoms with Gasteiger partial charge in [0, 0.05) is 0 Å². The number of aliphatic hydroxyl groups excluding tert-OH is 1. The molecule has 0 unspecified atom stereocenters. The molecular weight excluding hydrogens is 248 g/mol. The van der Waals surface area contributed by atoms with Crippen LogP contribution in [0.25, 0.3) is 0 Å². The van der Waals surface area contributed by atoms with E-state index in [1.54, 1.807) is 0 Å². The fourth-order valence-electron chi connectivity index (χ4n) is 2.67. The highest BCUT2D eigenvalue weighted by molar-refractivity contribution is 5.43. The molecule has 0 amide bonds. The van der Waals surface area contributed by atoms with Crippen LogP contribution in [0.15, 0.2) is 30.3 Å². The van der Waals surface area contributed by atoms with Gasteiger partial charge < -0.3 is 9.84 Å². The lowest BCUT2D eigenvalue weighted by Gasteiger charge is -2.14. The minimum absolute atomic E-state index is 0.0685. The van der Waals surface area contributed by atoms with Gasteiger partial charge in [-0.05, 0) is 49.9 Å². The van der Waals surface area contributed by atoms with Crippen LogP contribution in [0.1, 0.15) is 33.4 Å². The van der Waals surface area contributed by atoms with Crippen LogP contribution in [0.5, 0.6) is 5.75 Å². The van der Waals surface area contributed by atoms with Gasteiger partial charge in [-0.1, -0.05) is 41.5 Å². The SMILES string of the molecule is Cc1cc(C)cc(COc2c(C)cc(CO)cc2C)c1. The van der Waals surface area contributed by atoms with Crippen molar-refractivity contribution in [3.63, 3.8) is 0 Å². The number of hydrogen-bond donors (Lipinski definition) is 1. The van der Waals surface area contributed by atoms with Crippen molar-refractivity contribution in [3.05, 3.63) is 63.7 Å². The average molecular weight is 270 g/mol. The number of aryl methyl sites for hydroxylation is 4. The molecule has 2 aromatic rings. The molecule has 2 rings (SSSR count). The number of hydrogen-bond acceptors (Lipinski definition) is 2. The number of ether oxygens (including phenoxy) is 1. The Bertz CT molecular complexity index is 572. The van der Waals surface area contributed by atoms with Crippen LogP contribution in [0, 0.1) is 27.7 Å². The smallest absolute Gasteiger partial charge is 0.125 e. The maximum absolute atomic E-state index is 9.21. The minimum atomic E-state index is 0.0685. The fourth-order valence-corrected chi connectivity index (χ4v) is 2.67. The standard InChI is InChI=1S/C18H22O2/c1-12-5-13(2)7-17(6-12)11-20-18-14(3)8-16(10-19)9-15(18)4/h5-9,19H,10-11H2,1-4H3. The third-order valence-corrected chi connectivity index (χ3v) is 3.37. The summed E-state index contributed by atoms with van der Waals surface area (Å²) in [5.74, 6) is 0.918. The van der Waals surface area contributed by atoms with E-state index in [0.29, 0.717) is 6.61 Å². The topological polar surface area (TPSA) is 29.5 Å². The van der Waals surface area contributed by atoms with E-state index < -0.39 is 0 Å². The first kappa shape index (κ1) is 14.6. The van der Waals surface area contributed by atoms with Crippen molar-refractivity contribution in [2.75, 3.05) is 0 Å². The third kappa shape index (κ3) is 3.40. The second-order valence-corrected chi connectivity index (χ2v) is 5.50. The largest absolute Gasteiger partial charge is 0.488 e. The maximum atomic E-state index is 9.21. The molecule has 0 bridgehead atoms. The lowest BCUT2D eigenvalue weighted by atomic mass is 10.1. The van der Waals surface area contributed by atoms with Crippen LogP contribution in [-0.4, -0.2) is 5.11 Å². The van der Waals surface area contributed by atoms with Crippen LogP contribution in [-0.2, 0) is 13.2 Å². The van der Waals surface area contributed by atoms with Crippen molar-refractivity contribution in [2.24, 2.45) is 0 Å². The molecule has 2 heteroatoms. The fraction of sp³-hybridized carbons (Fsp3) is 0.333. The van der Waals surface area contributed by atoms with E-state index in [-0.39, 0.29) is 6.61 Å². The molecule has 1 N–H and O–H groups in total. The monoisotopic (exact) mass is 270 g/mol. The van der Waals surface area contributed by atoms with Gasteiger partial charge in [0.25, 0.3) is 0 Å². The molecule has 0 saturated carbocycles. The summed E-state index contributed by atoms with van der Waals surface area (Å²) in [6.07, 6.45) is 0. The lowest BCUT2D eigenvalue weighted by molar-refractivity contribution is 0.280. The molecule has 0 atom stereocenters. The minimum Gasteiger partial charge on any atom is -0.488 e. The van der Waals surface area contributed by atoms with E-state index in [9.17, 15) is 5.11 Å². The lowest BCUT2D eigenvalue weighted by Crippen LogP contribution is -2.01. The summed E-state index contributed by atoms with van der Waals surface area (Å²) >= 11 is 0. The molecule has 0 aliphatic carbocycles. The molecule has 2 nitrogen and oxygen atoms in total. The quantitative estimate of drug-likeness (QED) is 0.910. The van der Waals surface area contributed by atoms with Crippen molar-refractivity contribution in [1.29, 1.82) is 0 Å². The Morgan fingerprint density at radius 2 is 1.35 bits per heavy atom. The van der Waals surface area contributed by atoms with Gasteiger partial charge in [0.2, 0.25) is 0 Å². The highest BCUT2D eigenvalue weighted by atomic mass is 16.5. The van der Waals surface area contributed by atoms with Gasteiger partial charge >= 0.3 is 0 Å². The van der Waals surface area contributed by atoms with Gasteiger partial charge in [-0.3, -0.25) is 0 Å². The van der Waals surface area contributed by atoms with E-state index in [1.165, 1.54) is 16.7 Å². The van der Waals surface area contributed by atoms with Crippen LogP contribution in [0.4, 0.5) is 0 Å². The second kappa shape index (κ2) is 6.10. The highest BCUT2D eigenvalue weighted by Gasteiger charge is 2.07. The van der Waals surface area contributed by atoms with Crippen molar-refractivity contribution >= 4 is 0 Å². The third-order valence-electron chi connectivity index (χ3n) is 3.37. The zero-order valence-corrected chi connectivity index (χ0v) is 12.7. The Hall–Kier alpha value is -1.80. The molecule has 0 heterocycles. The summed E-state index contributed by atoms with van der Waals surface area (Å²) in [6.45, 7) is 8.87. The summed E-state index contributed by atoms with van der Waals surface area (Å²) in [5.41, 5.74) is 6.77. The summed E-state index contributed by atoms with van der Waals surface area (Å²) in [4.78, 5) is 0. The molecule has 106 valence electrons. The van der Waals surface area contributed by atoms with E-state index in [2.05, 4.69) is 32.0 Å². The van der Waals surface area contributed by atoms with Crippen LogP contribution >= 0.6 is 0 Å². The average Bonchev–Trinajstić information content (AvgIpc) is 2.36. The number of benzene rings is 2. The first-order valence-electron chi connectivity index (χ1n) is 6.90. The van der Waals surface area contributed by atoms with Crippen LogP contribution in [0.2, 0.25) is 0 Å². The molecule has 0 aliphatic heterocycles. The van der Waals surface area contributed by atoms with Crippen molar-refractivity contribution in [2.45, 2.75) is 40.9 Å². The Kier molecular flexibility index (Phi) is 4.46. The summed E-state index contributed by atoms with van der Waals surface area (Å²) in [5, 5.41) is 9.21. The number of aliphatic hydroxyl groups is 1. The molecular formula is C18H22O2. The Morgan fingerprint density at radius 1 is 0.800 bits per heavy atom. The van der Waals surface area contributed by atoms with Gasteiger partial charge in [-0.25, -0.2) is 0 Å². The molecule has 0 aromatic heterocycles. The second-order valence-electron chi connectivity index (χ2n) is 5.50. The van der Waals surface area contributed by atoms with Gasteiger partial charge in [0.05, 0.1) is 6.61 Å². The van der Waals surface area contributed by atoms with E-state index in [4.69, 9.17) is 4.74 Å². The Morgan fingerprint density at radius 3 is 1.85 bits per heavy atom. The van der Waals surface area contributed by atoms with Gasteiger partial charge in [0.1, 0.15) is 12.4 Å². The molecule has 2 aromatic carbocycles. The van der Waals surface area contributed by atoms with Crippen molar-refractivity contribution in [3.8, 4) is 5.75 Å². The van der Waals surface area contributed by atoms with E-state index in [0.717, 1.165) is 22.4 Å². The first-order valence-corrected chi connectivity index (χ1v) is 6.90. The van der Waals surface area contributed by atoms with Gasteiger partial charge in [0.15, 0.2) is 0 Å². The summed E-state index contributed by atoms with van der Waals surface area (Å²) in [6, 6.07) is 10.4. The summed E-state index contributed by atoms with van der Waals surface area (Å²) in [7, 11) is 0. The van der Waals surface area contributed by atoms with Gasteiger partial charge in [-0.2, -0.15) is 0 Å². The zero-order chi connectivity index (χ0) is 14.7. The Balaban J connectivity index is 2.18. The predicted octanol–water partition coefficient (Wildman–Crippen LogP) is 3.99. The molecule has 0 aliphatic rings. The first-order chi connectivity index (χ1) is 9.49. The molecule has 0 saturated heterocycles. The maximum Gasteiger partial charge on any atom is 0.125 e. The highest BCUT2D eigenvalue weighted by Crippen LogP contribution is 2.26.